The highest BCUT2D eigenvalue weighted by molar-refractivity contribution is 5.94. The summed E-state index contributed by atoms with van der Waals surface area (Å²) < 4.78 is 24.0. The van der Waals surface area contributed by atoms with E-state index in [1.165, 1.54) is 26.2 Å². The van der Waals surface area contributed by atoms with Gasteiger partial charge >= 0.3 is 0 Å². The first-order chi connectivity index (χ1) is 10.3. The number of carbonyl (C=O) groups excluding carboxylic acids is 1. The number of aliphatic hydroxyl groups is 1. The zero-order valence-corrected chi connectivity index (χ0v) is 12.6. The number of hydrogen-bond donors (Lipinski definition) is 2. The van der Waals surface area contributed by atoms with E-state index in [1.807, 2.05) is 0 Å². The van der Waals surface area contributed by atoms with Crippen molar-refractivity contribution in [2.75, 3.05) is 13.7 Å². The van der Waals surface area contributed by atoms with E-state index in [9.17, 15) is 14.3 Å². The lowest BCUT2D eigenvalue weighted by Crippen LogP contribution is -2.38. The molecular formula is C16H18FNO4. The number of hydrogen-bond acceptors (Lipinski definition) is 4. The van der Waals surface area contributed by atoms with Crippen LogP contribution in [0.3, 0.4) is 0 Å². The van der Waals surface area contributed by atoms with Crippen molar-refractivity contribution in [2.24, 2.45) is 0 Å². The van der Waals surface area contributed by atoms with Crippen LogP contribution in [-0.4, -0.2) is 24.7 Å². The second-order valence-electron chi connectivity index (χ2n) is 5.21. The molecule has 0 aliphatic rings. The van der Waals surface area contributed by atoms with Crippen LogP contribution in [0.5, 0.6) is 5.75 Å². The minimum Gasteiger partial charge on any atom is -0.497 e. The van der Waals surface area contributed by atoms with Crippen LogP contribution in [0, 0.1) is 12.7 Å². The molecule has 0 fully saturated rings. The third-order valence-electron chi connectivity index (χ3n) is 3.29. The molecule has 1 aromatic heterocycles. The maximum absolute atomic E-state index is 13.8. The molecule has 22 heavy (non-hydrogen) atoms. The monoisotopic (exact) mass is 307 g/mol. The number of benzene rings is 1. The first-order valence-corrected chi connectivity index (χ1v) is 6.74. The highest BCUT2D eigenvalue weighted by atomic mass is 19.1. The average molecular weight is 307 g/mol. The molecule has 1 unspecified atom stereocenters. The van der Waals surface area contributed by atoms with Crippen LogP contribution in [-0.2, 0) is 5.60 Å². The van der Waals surface area contributed by atoms with Gasteiger partial charge in [0.1, 0.15) is 28.7 Å². The van der Waals surface area contributed by atoms with Gasteiger partial charge in [0.2, 0.25) is 0 Å². The van der Waals surface area contributed by atoms with E-state index in [4.69, 9.17) is 9.15 Å². The Hall–Kier alpha value is -2.34. The van der Waals surface area contributed by atoms with Crippen molar-refractivity contribution in [1.82, 2.24) is 5.32 Å². The molecular weight excluding hydrogens is 289 g/mol. The number of ether oxygens (including phenoxy) is 1. The van der Waals surface area contributed by atoms with Crippen LogP contribution in [0.25, 0.3) is 0 Å². The van der Waals surface area contributed by atoms with Gasteiger partial charge in [-0.25, -0.2) is 4.39 Å². The number of halogens is 1. The quantitative estimate of drug-likeness (QED) is 0.889. The Kier molecular flexibility index (Phi) is 4.51. The number of furan rings is 1. The smallest absolute Gasteiger partial charge is 0.254 e. The topological polar surface area (TPSA) is 71.7 Å². The van der Waals surface area contributed by atoms with Gasteiger partial charge in [0.05, 0.1) is 19.2 Å². The lowest BCUT2D eigenvalue weighted by Gasteiger charge is -2.21. The van der Waals surface area contributed by atoms with Crippen molar-refractivity contribution < 1.29 is 23.4 Å². The van der Waals surface area contributed by atoms with E-state index in [1.54, 1.807) is 19.1 Å². The summed E-state index contributed by atoms with van der Waals surface area (Å²) in [6.07, 6.45) is 0. The number of methoxy groups -OCH3 is 1. The number of aryl methyl sites for hydroxylation is 1. The third-order valence-corrected chi connectivity index (χ3v) is 3.29. The van der Waals surface area contributed by atoms with Crippen LogP contribution in [0.15, 0.2) is 34.7 Å². The van der Waals surface area contributed by atoms with Gasteiger partial charge in [0, 0.05) is 6.07 Å². The summed E-state index contributed by atoms with van der Waals surface area (Å²) in [7, 11) is 1.41. The fraction of sp³-hybridized carbons (Fsp3) is 0.312. The van der Waals surface area contributed by atoms with Gasteiger partial charge in [-0.2, -0.15) is 0 Å². The molecule has 1 atom stereocenters. The Morgan fingerprint density at radius 1 is 1.41 bits per heavy atom. The summed E-state index contributed by atoms with van der Waals surface area (Å²) in [6.45, 7) is 3.16. The summed E-state index contributed by atoms with van der Waals surface area (Å²) in [4.78, 5) is 12.0. The molecule has 0 spiro atoms. The average Bonchev–Trinajstić information content (AvgIpc) is 2.92. The van der Waals surface area contributed by atoms with Crippen LogP contribution >= 0.6 is 0 Å². The number of amides is 1. The summed E-state index contributed by atoms with van der Waals surface area (Å²) in [5.74, 6) is 0.00412. The predicted octanol–water partition coefficient (Wildman–Crippen LogP) is 2.37. The molecule has 0 aliphatic heterocycles. The Labute approximate surface area is 127 Å². The Bertz CT molecular complexity index is 679. The lowest BCUT2D eigenvalue weighted by molar-refractivity contribution is 0.0322. The first kappa shape index (κ1) is 16.0. The van der Waals surface area contributed by atoms with Gasteiger partial charge in [0.25, 0.3) is 5.91 Å². The predicted molar refractivity (Wildman–Crippen MR) is 78.3 cm³/mol. The van der Waals surface area contributed by atoms with Gasteiger partial charge in [-0.05, 0) is 38.1 Å². The van der Waals surface area contributed by atoms with Crippen molar-refractivity contribution in [2.45, 2.75) is 19.4 Å². The van der Waals surface area contributed by atoms with Crippen molar-refractivity contribution in [3.05, 3.63) is 53.2 Å². The van der Waals surface area contributed by atoms with Crippen LogP contribution < -0.4 is 10.1 Å². The number of nitrogens with one attached hydrogen (secondary N) is 1. The van der Waals surface area contributed by atoms with Gasteiger partial charge in [-0.3, -0.25) is 4.79 Å². The van der Waals surface area contributed by atoms with Gasteiger partial charge in [-0.1, -0.05) is 0 Å². The van der Waals surface area contributed by atoms with Gasteiger partial charge in [0.15, 0.2) is 0 Å². The van der Waals surface area contributed by atoms with Crippen molar-refractivity contribution in [3.63, 3.8) is 0 Å². The molecule has 1 heterocycles. The minimum absolute atomic E-state index is 0.107. The largest absolute Gasteiger partial charge is 0.497 e. The van der Waals surface area contributed by atoms with E-state index in [0.29, 0.717) is 17.3 Å². The van der Waals surface area contributed by atoms with Crippen molar-refractivity contribution >= 4 is 5.91 Å². The summed E-state index contributed by atoms with van der Waals surface area (Å²) >= 11 is 0. The molecule has 0 saturated carbocycles. The normalized spacial score (nSPS) is 13.5. The molecule has 6 heteroatoms. The van der Waals surface area contributed by atoms with Crippen molar-refractivity contribution in [1.29, 1.82) is 0 Å². The number of carbonyl (C=O) groups is 1. The molecule has 1 aromatic carbocycles. The summed E-state index contributed by atoms with van der Waals surface area (Å²) in [6, 6.07) is 7.30. The van der Waals surface area contributed by atoms with Crippen LogP contribution in [0.1, 0.15) is 28.8 Å². The molecule has 0 aliphatic carbocycles. The Balaban J connectivity index is 2.06. The van der Waals surface area contributed by atoms with E-state index in [2.05, 4.69) is 5.32 Å². The molecule has 0 radical (unpaired) electrons. The van der Waals surface area contributed by atoms with Gasteiger partial charge in [-0.15, -0.1) is 0 Å². The van der Waals surface area contributed by atoms with Crippen LogP contribution in [0.4, 0.5) is 4.39 Å². The fourth-order valence-corrected chi connectivity index (χ4v) is 1.97. The van der Waals surface area contributed by atoms with E-state index in [0.717, 1.165) is 6.07 Å². The molecule has 118 valence electrons. The summed E-state index contributed by atoms with van der Waals surface area (Å²) in [5, 5.41) is 12.8. The molecule has 2 aromatic rings. The third kappa shape index (κ3) is 3.46. The molecule has 2 N–H and O–H groups in total. The molecule has 1 amide bonds. The zero-order chi connectivity index (χ0) is 16.3. The first-order valence-electron chi connectivity index (χ1n) is 6.74. The van der Waals surface area contributed by atoms with E-state index < -0.39 is 17.3 Å². The standard InChI is InChI=1S/C16H18FNO4/c1-10-4-7-14(22-10)16(2,20)9-18-15(19)12-6-5-11(21-3)8-13(12)17/h4-8,20H,9H2,1-3H3,(H,18,19). The number of rotatable bonds is 5. The fourth-order valence-electron chi connectivity index (χ4n) is 1.97. The molecule has 5 nitrogen and oxygen atoms in total. The molecule has 0 saturated heterocycles. The van der Waals surface area contributed by atoms with E-state index in [-0.39, 0.29) is 12.1 Å². The van der Waals surface area contributed by atoms with Gasteiger partial charge < -0.3 is 19.6 Å². The zero-order valence-electron chi connectivity index (χ0n) is 12.6. The second kappa shape index (κ2) is 6.19. The Morgan fingerprint density at radius 3 is 2.68 bits per heavy atom. The maximum atomic E-state index is 13.8. The minimum atomic E-state index is -1.38. The SMILES string of the molecule is COc1ccc(C(=O)NCC(C)(O)c2ccc(C)o2)c(F)c1. The van der Waals surface area contributed by atoms with Crippen LogP contribution in [0.2, 0.25) is 0 Å². The highest BCUT2D eigenvalue weighted by Crippen LogP contribution is 2.22. The Morgan fingerprint density at radius 2 is 2.14 bits per heavy atom. The second-order valence-corrected chi connectivity index (χ2v) is 5.21. The van der Waals surface area contributed by atoms with E-state index >= 15 is 0 Å². The molecule has 2 rings (SSSR count). The highest BCUT2D eigenvalue weighted by Gasteiger charge is 2.28. The molecule has 0 bridgehead atoms. The summed E-state index contributed by atoms with van der Waals surface area (Å²) in [5.41, 5.74) is -1.50. The maximum Gasteiger partial charge on any atom is 0.254 e. The lowest BCUT2D eigenvalue weighted by atomic mass is 10.0. The van der Waals surface area contributed by atoms with Crippen molar-refractivity contribution in [3.8, 4) is 5.75 Å².